The van der Waals surface area contributed by atoms with Crippen molar-refractivity contribution in [2.75, 3.05) is 12.9 Å². The number of aromatic hydroxyl groups is 1. The van der Waals surface area contributed by atoms with Gasteiger partial charge in [0.15, 0.2) is 22.5 Å². The number of phenols is 1. The number of thioether (sulfide) groups is 1. The number of carboxylic acids is 1. The Morgan fingerprint density at radius 2 is 2.19 bits per heavy atom. The highest BCUT2D eigenvalue weighted by molar-refractivity contribution is 7.99. The number of hydrogen-bond donors (Lipinski definition) is 2. The maximum Gasteiger partial charge on any atom is 0.313 e. The molecule has 2 N–H and O–H groups in total. The van der Waals surface area contributed by atoms with Gasteiger partial charge in [-0.3, -0.25) is 4.79 Å². The average molecular weight is 309 g/mol. The number of ether oxygens (including phenoxy) is 1. The largest absolute Gasteiger partial charge is 0.504 e. The second-order valence-electron chi connectivity index (χ2n) is 4.12. The molecule has 0 unspecified atom stereocenters. The Balaban J connectivity index is 2.35. The summed E-state index contributed by atoms with van der Waals surface area (Å²) in [7, 11) is 1.48. The third kappa shape index (κ3) is 3.27. The van der Waals surface area contributed by atoms with Crippen molar-refractivity contribution in [2.24, 2.45) is 0 Å². The van der Waals surface area contributed by atoms with Gasteiger partial charge in [-0.2, -0.15) is 0 Å². The fraction of sp³-hybridized carbons (Fsp3) is 0.308. The Morgan fingerprint density at radius 3 is 2.76 bits per heavy atom. The van der Waals surface area contributed by atoms with E-state index in [4.69, 9.17) is 9.84 Å². The Kier molecular flexibility index (Phi) is 4.69. The molecule has 112 valence electrons. The molecule has 0 saturated heterocycles. The first-order chi connectivity index (χ1) is 10.1. The van der Waals surface area contributed by atoms with Gasteiger partial charge in [-0.25, -0.2) is 0 Å². The molecular formula is C13H15N3O4S. The first-order valence-corrected chi connectivity index (χ1v) is 7.20. The topological polar surface area (TPSA) is 97.5 Å². The number of nitrogens with zero attached hydrogens (tertiary/aromatic N) is 3. The van der Waals surface area contributed by atoms with Crippen LogP contribution in [0.25, 0.3) is 11.4 Å². The Bertz CT molecular complexity index is 657. The Labute approximate surface area is 125 Å². The standard InChI is InChI=1S/C13H15N3O4S/c1-3-16-12(14-15-13(16)21-7-11(18)19)8-4-5-10(20-2)9(17)6-8/h4-6,17H,3,7H2,1-2H3,(H,18,19). The van der Waals surface area contributed by atoms with E-state index in [2.05, 4.69) is 10.2 Å². The molecule has 0 fully saturated rings. The normalized spacial score (nSPS) is 10.6. The maximum absolute atomic E-state index is 10.6. The molecule has 0 aliphatic carbocycles. The van der Waals surface area contributed by atoms with E-state index in [-0.39, 0.29) is 11.5 Å². The number of aromatic nitrogens is 3. The van der Waals surface area contributed by atoms with Crippen LogP contribution in [0.2, 0.25) is 0 Å². The highest BCUT2D eigenvalue weighted by atomic mass is 32.2. The summed E-state index contributed by atoms with van der Waals surface area (Å²) in [4.78, 5) is 10.6. The van der Waals surface area contributed by atoms with Crippen molar-refractivity contribution in [3.05, 3.63) is 18.2 Å². The maximum atomic E-state index is 10.6. The fourth-order valence-corrected chi connectivity index (χ4v) is 2.57. The van der Waals surface area contributed by atoms with Crippen LogP contribution in [0.15, 0.2) is 23.4 Å². The Hall–Kier alpha value is -2.22. The van der Waals surface area contributed by atoms with Crippen LogP contribution in [0, 0.1) is 0 Å². The van der Waals surface area contributed by atoms with Gasteiger partial charge in [0.2, 0.25) is 0 Å². The lowest BCUT2D eigenvalue weighted by Crippen LogP contribution is -2.03. The molecule has 2 aromatic rings. The summed E-state index contributed by atoms with van der Waals surface area (Å²) in [5, 5.41) is 27.2. The molecule has 2 rings (SSSR count). The molecule has 0 aliphatic heterocycles. The Morgan fingerprint density at radius 1 is 1.43 bits per heavy atom. The van der Waals surface area contributed by atoms with Gasteiger partial charge in [-0.1, -0.05) is 11.8 Å². The molecule has 0 aliphatic rings. The van der Waals surface area contributed by atoms with Crippen molar-refractivity contribution in [3.63, 3.8) is 0 Å². The molecule has 0 atom stereocenters. The van der Waals surface area contributed by atoms with Crippen LogP contribution in [0.4, 0.5) is 0 Å². The smallest absolute Gasteiger partial charge is 0.313 e. The minimum absolute atomic E-state index is 0.0143. The molecule has 7 nitrogen and oxygen atoms in total. The molecule has 21 heavy (non-hydrogen) atoms. The zero-order chi connectivity index (χ0) is 15.4. The molecular weight excluding hydrogens is 294 g/mol. The van der Waals surface area contributed by atoms with Crippen molar-refractivity contribution in [1.82, 2.24) is 14.8 Å². The van der Waals surface area contributed by atoms with Gasteiger partial charge in [-0.05, 0) is 25.1 Å². The fourth-order valence-electron chi connectivity index (χ4n) is 1.85. The van der Waals surface area contributed by atoms with Gasteiger partial charge < -0.3 is 19.5 Å². The number of rotatable bonds is 6. The van der Waals surface area contributed by atoms with Crippen LogP contribution in [-0.4, -0.2) is 43.8 Å². The van der Waals surface area contributed by atoms with E-state index in [0.29, 0.717) is 28.8 Å². The number of carboxylic acid groups (broad SMARTS) is 1. The number of hydrogen-bond acceptors (Lipinski definition) is 6. The van der Waals surface area contributed by atoms with E-state index >= 15 is 0 Å². The molecule has 0 radical (unpaired) electrons. The number of aliphatic carboxylic acids is 1. The second kappa shape index (κ2) is 6.49. The zero-order valence-corrected chi connectivity index (χ0v) is 12.4. The summed E-state index contributed by atoms with van der Waals surface area (Å²) >= 11 is 1.11. The van der Waals surface area contributed by atoms with Crippen LogP contribution in [0.5, 0.6) is 11.5 Å². The lowest BCUT2D eigenvalue weighted by Gasteiger charge is -2.08. The van der Waals surface area contributed by atoms with Crippen LogP contribution in [0.1, 0.15) is 6.92 Å². The number of phenolic OH excluding ortho intramolecular Hbond substituents is 1. The lowest BCUT2D eigenvalue weighted by atomic mass is 10.2. The van der Waals surface area contributed by atoms with E-state index in [0.717, 1.165) is 11.8 Å². The predicted molar refractivity (Wildman–Crippen MR) is 77.7 cm³/mol. The third-order valence-electron chi connectivity index (χ3n) is 2.79. The number of carbonyl (C=O) groups is 1. The SMILES string of the molecule is CCn1c(SCC(=O)O)nnc1-c1ccc(OC)c(O)c1. The summed E-state index contributed by atoms with van der Waals surface area (Å²) in [5.74, 6) is -0.0220. The third-order valence-corrected chi connectivity index (χ3v) is 3.75. The minimum atomic E-state index is -0.908. The zero-order valence-electron chi connectivity index (χ0n) is 11.6. The molecule has 0 saturated carbocycles. The molecule has 0 spiro atoms. The van der Waals surface area contributed by atoms with Crippen LogP contribution < -0.4 is 4.74 Å². The molecule has 1 aromatic carbocycles. The minimum Gasteiger partial charge on any atom is -0.504 e. The van der Waals surface area contributed by atoms with Crippen LogP contribution in [0.3, 0.4) is 0 Å². The van der Waals surface area contributed by atoms with Crippen LogP contribution in [-0.2, 0) is 11.3 Å². The lowest BCUT2D eigenvalue weighted by molar-refractivity contribution is -0.133. The van der Waals surface area contributed by atoms with Gasteiger partial charge in [0.1, 0.15) is 0 Å². The predicted octanol–water partition coefficient (Wildman–Crippen LogP) is 1.86. The highest BCUT2D eigenvalue weighted by Gasteiger charge is 2.15. The summed E-state index contributed by atoms with van der Waals surface area (Å²) in [5.41, 5.74) is 0.685. The van der Waals surface area contributed by atoms with Gasteiger partial charge in [0.05, 0.1) is 12.9 Å². The van der Waals surface area contributed by atoms with Crippen molar-refractivity contribution in [2.45, 2.75) is 18.6 Å². The molecule has 0 bridgehead atoms. The first kappa shape index (κ1) is 15.2. The monoisotopic (exact) mass is 309 g/mol. The second-order valence-corrected chi connectivity index (χ2v) is 5.06. The van der Waals surface area contributed by atoms with Gasteiger partial charge in [-0.15, -0.1) is 10.2 Å². The van der Waals surface area contributed by atoms with E-state index < -0.39 is 5.97 Å². The number of benzene rings is 1. The van der Waals surface area contributed by atoms with Crippen molar-refractivity contribution < 1.29 is 19.7 Å². The van der Waals surface area contributed by atoms with Gasteiger partial charge in [0.25, 0.3) is 0 Å². The number of methoxy groups -OCH3 is 1. The first-order valence-electron chi connectivity index (χ1n) is 6.22. The molecule has 8 heteroatoms. The quantitative estimate of drug-likeness (QED) is 0.786. The van der Waals surface area contributed by atoms with Crippen molar-refractivity contribution in [1.29, 1.82) is 0 Å². The molecule has 1 aromatic heterocycles. The summed E-state index contributed by atoms with van der Waals surface area (Å²) in [6.45, 7) is 2.51. The summed E-state index contributed by atoms with van der Waals surface area (Å²) < 4.78 is 6.80. The summed E-state index contributed by atoms with van der Waals surface area (Å²) in [6.07, 6.45) is 0. The van der Waals surface area contributed by atoms with Gasteiger partial charge in [0, 0.05) is 12.1 Å². The van der Waals surface area contributed by atoms with Crippen LogP contribution >= 0.6 is 11.8 Å². The van der Waals surface area contributed by atoms with E-state index in [9.17, 15) is 9.90 Å². The van der Waals surface area contributed by atoms with Crippen molar-refractivity contribution >= 4 is 17.7 Å². The van der Waals surface area contributed by atoms with Gasteiger partial charge >= 0.3 is 5.97 Å². The van der Waals surface area contributed by atoms with Crippen molar-refractivity contribution in [3.8, 4) is 22.9 Å². The molecule has 0 amide bonds. The van der Waals surface area contributed by atoms with E-state index in [1.165, 1.54) is 7.11 Å². The van der Waals surface area contributed by atoms with E-state index in [1.807, 2.05) is 6.92 Å². The average Bonchev–Trinajstić information content (AvgIpc) is 2.87. The summed E-state index contributed by atoms with van der Waals surface area (Å²) in [6, 6.07) is 4.95. The highest BCUT2D eigenvalue weighted by Crippen LogP contribution is 2.31. The van der Waals surface area contributed by atoms with E-state index in [1.54, 1.807) is 22.8 Å². The molecule has 1 heterocycles.